The van der Waals surface area contributed by atoms with Gasteiger partial charge in [-0.25, -0.2) is 4.57 Å². The predicted molar refractivity (Wildman–Crippen MR) is 208 cm³/mol. The van der Waals surface area contributed by atoms with Gasteiger partial charge in [0.2, 0.25) is 0 Å². The van der Waals surface area contributed by atoms with Crippen LogP contribution in [0.5, 0.6) is 0 Å². The van der Waals surface area contributed by atoms with Crippen molar-refractivity contribution < 1.29 is 43.0 Å². The van der Waals surface area contributed by atoms with Crippen LogP contribution in [0.4, 0.5) is 0 Å². The summed E-state index contributed by atoms with van der Waals surface area (Å²) in [7, 11) is -4.78. The molecule has 0 aliphatic rings. The number of carbonyl (C=O) groups is 2. The maximum absolute atomic E-state index is 12.4. The maximum Gasteiger partial charge on any atom is 0.469 e. The first kappa shape index (κ1) is 48.5. The largest absolute Gasteiger partial charge is 0.469 e. The summed E-state index contributed by atoms with van der Waals surface area (Å²) in [5, 5.41) is 9.78. The minimum absolute atomic E-state index is 0.168. The van der Waals surface area contributed by atoms with Crippen molar-refractivity contribution in [1.29, 1.82) is 0 Å². The van der Waals surface area contributed by atoms with Crippen LogP contribution in [0.25, 0.3) is 0 Å². The van der Waals surface area contributed by atoms with Crippen molar-refractivity contribution in [2.75, 3.05) is 13.2 Å². The summed E-state index contributed by atoms with van der Waals surface area (Å²) in [5.41, 5.74) is 0. The van der Waals surface area contributed by atoms with Crippen LogP contribution in [0, 0.1) is 0 Å². The van der Waals surface area contributed by atoms with Crippen molar-refractivity contribution in [3.63, 3.8) is 0 Å². The highest BCUT2D eigenvalue weighted by molar-refractivity contribution is 7.46. The average molecular weight is 737 g/mol. The van der Waals surface area contributed by atoms with E-state index in [1.165, 1.54) is 19.3 Å². The van der Waals surface area contributed by atoms with Crippen LogP contribution in [-0.4, -0.2) is 52.3 Å². The van der Waals surface area contributed by atoms with Gasteiger partial charge < -0.3 is 24.4 Å². The zero-order valence-electron chi connectivity index (χ0n) is 31.6. The Labute approximate surface area is 309 Å². The first-order chi connectivity index (χ1) is 24.7. The fourth-order valence-corrected chi connectivity index (χ4v) is 5.18. The topological polar surface area (TPSA) is 140 Å². The lowest BCUT2D eigenvalue weighted by Crippen LogP contribution is -2.29. The fourth-order valence-electron chi connectivity index (χ4n) is 4.82. The Morgan fingerprint density at radius 2 is 1.08 bits per heavy atom. The van der Waals surface area contributed by atoms with E-state index in [2.05, 4.69) is 67.0 Å². The first-order valence-electron chi connectivity index (χ1n) is 19.3. The van der Waals surface area contributed by atoms with Gasteiger partial charge in [-0.15, -0.1) is 0 Å². The Hall–Kier alpha value is -2.55. The molecule has 0 saturated heterocycles. The molecule has 2 atom stereocenters. The molecular weight excluding hydrogens is 667 g/mol. The lowest BCUT2D eigenvalue weighted by molar-refractivity contribution is -0.161. The molecule has 9 nitrogen and oxygen atoms in total. The number of ether oxygens (including phenoxy) is 2. The minimum atomic E-state index is -4.78. The molecule has 0 radical (unpaired) electrons. The Balaban J connectivity index is 4.13. The highest BCUT2D eigenvalue weighted by Crippen LogP contribution is 2.36. The summed E-state index contributed by atoms with van der Waals surface area (Å²) in [6.07, 6.45) is 42.4. The Morgan fingerprint density at radius 3 is 1.67 bits per heavy atom. The number of hydrogen-bond donors (Lipinski definition) is 3. The summed E-state index contributed by atoms with van der Waals surface area (Å²) in [5.74, 6) is -0.997. The molecule has 10 heteroatoms. The molecule has 0 aliphatic carbocycles. The average Bonchev–Trinajstić information content (AvgIpc) is 3.09. The molecule has 0 fully saturated rings. The predicted octanol–water partition coefficient (Wildman–Crippen LogP) is 10.5. The third kappa shape index (κ3) is 38.5. The summed E-state index contributed by atoms with van der Waals surface area (Å²) in [6.45, 7) is 3.42. The second-order valence-corrected chi connectivity index (χ2v) is 14.0. The van der Waals surface area contributed by atoms with E-state index in [9.17, 15) is 19.3 Å². The van der Waals surface area contributed by atoms with Crippen LogP contribution < -0.4 is 0 Å². The smallest absolute Gasteiger partial charge is 0.462 e. The number of hydrogen-bond acceptors (Lipinski definition) is 7. The van der Waals surface area contributed by atoms with Gasteiger partial charge in [0.05, 0.1) is 12.7 Å². The van der Waals surface area contributed by atoms with Crippen LogP contribution >= 0.6 is 7.82 Å². The van der Waals surface area contributed by atoms with Crippen molar-refractivity contribution in [2.24, 2.45) is 0 Å². The van der Waals surface area contributed by atoms with Gasteiger partial charge in [0, 0.05) is 12.8 Å². The number of phosphoric ester groups is 1. The van der Waals surface area contributed by atoms with Crippen LogP contribution in [0.2, 0.25) is 0 Å². The van der Waals surface area contributed by atoms with Gasteiger partial charge in [0.1, 0.15) is 6.61 Å². The maximum atomic E-state index is 12.4. The number of unbranched alkanes of at least 4 members (excludes halogenated alkanes) is 10. The fraction of sp³-hybridized carbons (Fsp3) is 0.659. The van der Waals surface area contributed by atoms with E-state index in [4.69, 9.17) is 19.3 Å². The second kappa shape index (κ2) is 35.8. The van der Waals surface area contributed by atoms with Gasteiger partial charge in [-0.05, 0) is 77.0 Å². The normalized spacial score (nSPS) is 13.9. The summed E-state index contributed by atoms with van der Waals surface area (Å²) >= 11 is 0. The van der Waals surface area contributed by atoms with Gasteiger partial charge in [0.15, 0.2) is 6.10 Å². The molecule has 0 heterocycles. The Bertz CT molecular complexity index is 1070. The van der Waals surface area contributed by atoms with Crippen LogP contribution in [0.15, 0.2) is 72.9 Å². The van der Waals surface area contributed by atoms with E-state index < -0.39 is 32.5 Å². The number of rotatable bonds is 34. The molecule has 0 unspecified atom stereocenters. The van der Waals surface area contributed by atoms with Gasteiger partial charge >= 0.3 is 19.8 Å². The quantitative estimate of drug-likeness (QED) is 0.0255. The van der Waals surface area contributed by atoms with E-state index in [0.29, 0.717) is 19.3 Å². The second-order valence-electron chi connectivity index (χ2n) is 12.7. The molecule has 0 aromatic heterocycles. The summed E-state index contributed by atoms with van der Waals surface area (Å²) < 4.78 is 26.2. The van der Waals surface area contributed by atoms with Crippen LogP contribution in [0.1, 0.15) is 149 Å². The van der Waals surface area contributed by atoms with Gasteiger partial charge in [-0.3, -0.25) is 14.1 Å². The van der Waals surface area contributed by atoms with Crippen molar-refractivity contribution in [1.82, 2.24) is 0 Å². The van der Waals surface area contributed by atoms with E-state index in [-0.39, 0.29) is 25.6 Å². The van der Waals surface area contributed by atoms with E-state index >= 15 is 0 Å². The lowest BCUT2D eigenvalue weighted by atomic mass is 10.1. The molecule has 0 saturated carbocycles. The molecule has 0 spiro atoms. The standard InChI is InChI=1S/C41H69O9P/c1-3-5-7-8-9-10-11-12-13-14-19-22-25-28-31-35-41(44)50-39(37-49-51(45,46)47)36-48-40(43)34-30-27-24-21-18-16-15-17-20-23-26-29-33-38(42)32-6-4-2/h9-10,12-13,15-16,20-21,23-24,29,33,38-39,42H,3-8,11,14,17-19,22,25-28,30-32,34-37H2,1-2H3,(H2,45,46,47)/b10-9-,13-12-,16-15-,23-20-,24-21-,33-29-/t38-,39+/m0/s1. The van der Waals surface area contributed by atoms with Crippen molar-refractivity contribution >= 4 is 19.8 Å². The van der Waals surface area contributed by atoms with E-state index in [1.54, 1.807) is 0 Å². The van der Waals surface area contributed by atoms with Gasteiger partial charge in [-0.1, -0.05) is 132 Å². The SMILES string of the molecule is CCCCC/C=C\C/C=C\CCCCCCCC(=O)O[C@H](COC(=O)CCC/C=C\C/C=C\C/C=C\C/C=C\[C@@H](O)CCCC)COP(=O)(O)O. The summed E-state index contributed by atoms with van der Waals surface area (Å²) in [6, 6.07) is 0. The minimum Gasteiger partial charge on any atom is -0.462 e. The molecule has 51 heavy (non-hydrogen) atoms. The molecule has 292 valence electrons. The van der Waals surface area contributed by atoms with Crippen molar-refractivity contribution in [2.45, 2.75) is 161 Å². The molecule has 0 aliphatic heterocycles. The highest BCUT2D eigenvalue weighted by atomic mass is 31.2. The number of allylic oxidation sites excluding steroid dienone is 11. The zero-order valence-corrected chi connectivity index (χ0v) is 32.5. The Kier molecular flexibility index (Phi) is 34.0. The van der Waals surface area contributed by atoms with Crippen LogP contribution in [0.3, 0.4) is 0 Å². The molecule has 3 N–H and O–H groups in total. The number of phosphoric acid groups is 1. The Morgan fingerprint density at radius 1 is 0.588 bits per heavy atom. The van der Waals surface area contributed by atoms with Gasteiger partial charge in [0.25, 0.3) is 0 Å². The number of esters is 2. The third-order valence-corrected chi connectivity index (χ3v) is 8.25. The van der Waals surface area contributed by atoms with E-state index in [0.717, 1.165) is 83.5 Å². The monoisotopic (exact) mass is 736 g/mol. The zero-order chi connectivity index (χ0) is 37.7. The number of carbonyl (C=O) groups excluding carboxylic acids is 2. The highest BCUT2D eigenvalue weighted by Gasteiger charge is 2.22. The van der Waals surface area contributed by atoms with Crippen LogP contribution in [-0.2, 0) is 28.2 Å². The van der Waals surface area contributed by atoms with Crippen molar-refractivity contribution in [3.05, 3.63) is 72.9 Å². The summed E-state index contributed by atoms with van der Waals surface area (Å²) in [4.78, 5) is 42.7. The first-order valence-corrected chi connectivity index (χ1v) is 20.9. The van der Waals surface area contributed by atoms with Gasteiger partial charge in [-0.2, -0.15) is 0 Å². The molecule has 0 bridgehead atoms. The molecule has 0 aromatic rings. The van der Waals surface area contributed by atoms with E-state index in [1.807, 2.05) is 24.3 Å². The third-order valence-electron chi connectivity index (χ3n) is 7.77. The number of aliphatic hydroxyl groups is 1. The molecule has 0 rings (SSSR count). The van der Waals surface area contributed by atoms with Crippen molar-refractivity contribution in [3.8, 4) is 0 Å². The molecule has 0 amide bonds. The molecular formula is C41H69O9P. The lowest BCUT2D eigenvalue weighted by Gasteiger charge is -2.18. The number of aliphatic hydroxyl groups excluding tert-OH is 1. The molecule has 0 aromatic carbocycles.